The van der Waals surface area contributed by atoms with Crippen molar-refractivity contribution in [2.45, 2.75) is 125 Å². The van der Waals surface area contributed by atoms with E-state index >= 15 is 0 Å². The molecule has 1 aliphatic heterocycles. The van der Waals surface area contributed by atoms with Crippen LogP contribution in [-0.2, 0) is 14.3 Å². The highest BCUT2D eigenvalue weighted by Crippen LogP contribution is 2.75. The molecule has 1 aromatic heterocycles. The summed E-state index contributed by atoms with van der Waals surface area (Å²) < 4.78 is 13.6. The average Bonchev–Trinajstić information content (AvgIpc) is 3.42. The number of carbonyl (C=O) groups is 1. The summed E-state index contributed by atoms with van der Waals surface area (Å²) in [6.45, 7) is 24.5. The maximum Gasteiger partial charge on any atom is 0.260 e. The fourth-order valence-electron chi connectivity index (χ4n) is 12.0. The molecule has 2 heterocycles. The minimum Gasteiger partial charge on any atom is -0.380 e. The molecule has 1 amide bonds. The summed E-state index contributed by atoms with van der Waals surface area (Å²) in [6.07, 6.45) is 8.21. The first-order valence-corrected chi connectivity index (χ1v) is 18.3. The number of hydrogen-bond donors (Lipinski definition) is 3. The smallest absolute Gasteiger partial charge is 0.260 e. The van der Waals surface area contributed by atoms with Crippen molar-refractivity contribution < 1.29 is 14.3 Å². The Morgan fingerprint density at radius 1 is 1.11 bits per heavy atom. The molecule has 3 saturated carbocycles. The van der Waals surface area contributed by atoms with Gasteiger partial charge in [-0.2, -0.15) is 4.80 Å². The zero-order valence-electron chi connectivity index (χ0n) is 30.8. The van der Waals surface area contributed by atoms with E-state index in [1.54, 1.807) is 4.80 Å². The van der Waals surface area contributed by atoms with Crippen LogP contribution in [0.5, 0.6) is 0 Å². The summed E-state index contributed by atoms with van der Waals surface area (Å²) in [5.41, 5.74) is 19.4. The van der Waals surface area contributed by atoms with Crippen LogP contribution in [0.2, 0.25) is 0 Å². The molecule has 10 nitrogen and oxygen atoms in total. The molecule has 6 N–H and O–H groups in total. The molecule has 5 aliphatic rings. The van der Waals surface area contributed by atoms with Gasteiger partial charge in [0.15, 0.2) is 0 Å². The summed E-state index contributed by atoms with van der Waals surface area (Å²) in [6, 6.07) is -0.173. The van der Waals surface area contributed by atoms with E-state index in [2.05, 4.69) is 90.7 Å². The van der Waals surface area contributed by atoms with Crippen LogP contribution in [0.15, 0.2) is 11.6 Å². The Bertz CT molecular complexity index is 1410. The van der Waals surface area contributed by atoms with Gasteiger partial charge in [0.25, 0.3) is 5.95 Å². The molecule has 264 valence electrons. The van der Waals surface area contributed by atoms with Crippen molar-refractivity contribution in [2.75, 3.05) is 25.6 Å². The Hall–Kier alpha value is -2.04. The van der Waals surface area contributed by atoms with Crippen LogP contribution in [0, 0.1) is 62.6 Å². The number of ether oxygens (including phenoxy) is 2. The molecule has 0 radical (unpaired) electrons. The first-order chi connectivity index (χ1) is 21.8. The molecule has 0 aromatic carbocycles. The van der Waals surface area contributed by atoms with Gasteiger partial charge < -0.3 is 26.7 Å². The first-order valence-electron chi connectivity index (χ1n) is 18.3. The Balaban J connectivity index is 1.44. The van der Waals surface area contributed by atoms with Gasteiger partial charge >= 0.3 is 0 Å². The number of nitrogens with zero attached hydrogens (tertiary/aromatic N) is 4. The minimum atomic E-state index is -0.484. The number of amides is 1. The van der Waals surface area contributed by atoms with Crippen molar-refractivity contribution in [3.8, 4) is 0 Å². The molecule has 2 bridgehead atoms. The molecular weight excluding hydrogens is 590 g/mol. The van der Waals surface area contributed by atoms with Crippen LogP contribution in [0.3, 0.4) is 0 Å². The zero-order valence-corrected chi connectivity index (χ0v) is 30.8. The molecule has 0 unspecified atom stereocenters. The summed E-state index contributed by atoms with van der Waals surface area (Å²) in [7, 11) is 0. The van der Waals surface area contributed by atoms with E-state index in [1.165, 1.54) is 5.57 Å². The second-order valence-corrected chi connectivity index (χ2v) is 18.5. The number of fused-ring (bicyclic) bond motifs is 3. The van der Waals surface area contributed by atoms with Crippen LogP contribution < -0.4 is 17.2 Å². The van der Waals surface area contributed by atoms with Gasteiger partial charge in [0.05, 0.1) is 25.9 Å². The highest BCUT2D eigenvalue weighted by Gasteiger charge is 2.71. The van der Waals surface area contributed by atoms with E-state index < -0.39 is 5.54 Å². The molecule has 10 heteroatoms. The van der Waals surface area contributed by atoms with Crippen molar-refractivity contribution in [2.24, 2.45) is 74.0 Å². The number of carbonyl (C=O) groups excluding carboxylic acids is 1. The molecule has 12 atom stereocenters. The number of aromatic nitrogens is 4. The van der Waals surface area contributed by atoms with Crippen molar-refractivity contribution in [1.82, 2.24) is 20.2 Å². The number of primary amides is 1. The van der Waals surface area contributed by atoms with E-state index in [0.717, 1.165) is 38.5 Å². The van der Waals surface area contributed by atoms with Gasteiger partial charge in [0.2, 0.25) is 5.91 Å². The minimum absolute atomic E-state index is 0.0715. The van der Waals surface area contributed by atoms with Gasteiger partial charge in [-0.05, 0) is 96.5 Å². The SMILES string of the molecule is CC(C)[C@@H](C)[C@@]1(C)CC[C@]2(C)[C@H]3CC[C@@H]4[C@@]5(COC[C@]4(C)[C@@H](OC[C@@](C)(N)C(C)C)[C@H](n4nnc(N)n4)C5)C3=CC[C@@]2(C)[C@@H]1C(N)=O. The van der Waals surface area contributed by atoms with Crippen LogP contribution in [0.1, 0.15) is 114 Å². The van der Waals surface area contributed by atoms with Crippen LogP contribution >= 0.6 is 0 Å². The van der Waals surface area contributed by atoms with E-state index in [4.69, 9.17) is 26.7 Å². The highest BCUT2D eigenvalue weighted by molar-refractivity contribution is 5.79. The monoisotopic (exact) mass is 653 g/mol. The van der Waals surface area contributed by atoms with Crippen molar-refractivity contribution in [1.29, 1.82) is 0 Å². The quantitative estimate of drug-likeness (QED) is 0.309. The number of nitrogens with two attached hydrogens (primary N) is 3. The first kappa shape index (κ1) is 34.8. The molecule has 1 saturated heterocycles. The molecule has 4 aliphatic carbocycles. The molecular formula is C37H63N7O3. The van der Waals surface area contributed by atoms with Crippen LogP contribution in [0.25, 0.3) is 0 Å². The topological polar surface area (TPSA) is 157 Å². The number of rotatable bonds is 8. The maximum atomic E-state index is 13.6. The van der Waals surface area contributed by atoms with Gasteiger partial charge in [0.1, 0.15) is 6.04 Å². The number of allylic oxidation sites excluding steroid dienone is 1. The fourth-order valence-corrected chi connectivity index (χ4v) is 12.0. The Morgan fingerprint density at radius 3 is 2.40 bits per heavy atom. The van der Waals surface area contributed by atoms with Gasteiger partial charge in [-0.25, -0.2) is 0 Å². The lowest BCUT2D eigenvalue weighted by molar-refractivity contribution is -0.253. The van der Waals surface area contributed by atoms with E-state index in [9.17, 15) is 4.79 Å². The van der Waals surface area contributed by atoms with Gasteiger partial charge in [-0.15, -0.1) is 5.10 Å². The average molecular weight is 654 g/mol. The molecule has 0 spiro atoms. The van der Waals surface area contributed by atoms with Crippen molar-refractivity contribution in [3.05, 3.63) is 11.6 Å². The van der Waals surface area contributed by atoms with Crippen molar-refractivity contribution in [3.63, 3.8) is 0 Å². The van der Waals surface area contributed by atoms with E-state index in [0.29, 0.717) is 43.5 Å². The number of nitrogen functional groups attached to an aromatic ring is 1. The zero-order chi connectivity index (χ0) is 34.5. The second kappa shape index (κ2) is 11.2. The highest BCUT2D eigenvalue weighted by atomic mass is 16.5. The summed E-state index contributed by atoms with van der Waals surface area (Å²) in [4.78, 5) is 15.4. The summed E-state index contributed by atoms with van der Waals surface area (Å²) in [5.74, 6) is 1.66. The predicted molar refractivity (Wildman–Crippen MR) is 184 cm³/mol. The van der Waals surface area contributed by atoms with Gasteiger partial charge in [-0.1, -0.05) is 79.1 Å². The molecule has 47 heavy (non-hydrogen) atoms. The number of anilines is 1. The number of hydrogen-bond acceptors (Lipinski definition) is 8. The number of tetrazole rings is 1. The van der Waals surface area contributed by atoms with E-state index in [1.807, 2.05) is 0 Å². The predicted octanol–water partition coefficient (Wildman–Crippen LogP) is 5.54. The third kappa shape index (κ3) is 4.80. The standard InChI is InChI=1S/C37H63N7O3/c1-21(2)23(5)32(6)15-16-34(8)24-11-12-27-33(7)18-46-20-37(27,25(24)13-14-35(34,9)28(32)30(38)45)17-26(44-42-31(39)41-43-44)29(33)47-19-36(10,40)22(3)4/h13,21-24,26-29H,11-12,14-20,40H2,1-10H3,(H2,38,45)(H2,39,42)/t23-,24+,26-,27+,28-,29+,32-,33+,34-,35+,36-,37+/m1/s1. The van der Waals surface area contributed by atoms with E-state index in [-0.39, 0.29) is 62.9 Å². The Kier molecular flexibility index (Phi) is 8.32. The lowest BCUT2D eigenvalue weighted by Gasteiger charge is -2.71. The lowest BCUT2D eigenvalue weighted by Crippen LogP contribution is -2.69. The summed E-state index contributed by atoms with van der Waals surface area (Å²) >= 11 is 0. The Labute approximate surface area is 282 Å². The molecule has 6 rings (SSSR count). The van der Waals surface area contributed by atoms with Crippen LogP contribution in [-0.4, -0.2) is 57.6 Å². The third-order valence-corrected chi connectivity index (χ3v) is 15.8. The normalized spacial score (nSPS) is 45.0. The fraction of sp³-hybridized carbons (Fsp3) is 0.892. The lowest BCUT2D eigenvalue weighted by atomic mass is 9.34. The molecule has 4 fully saturated rings. The third-order valence-electron chi connectivity index (χ3n) is 15.8. The van der Waals surface area contributed by atoms with Crippen LogP contribution in [0.4, 0.5) is 5.95 Å². The largest absolute Gasteiger partial charge is 0.380 e. The van der Waals surface area contributed by atoms with Gasteiger partial charge in [-0.3, -0.25) is 4.79 Å². The molecule has 1 aromatic rings. The Morgan fingerprint density at radius 2 is 1.81 bits per heavy atom. The summed E-state index contributed by atoms with van der Waals surface area (Å²) in [5, 5.41) is 13.1. The second-order valence-electron chi connectivity index (χ2n) is 18.5. The van der Waals surface area contributed by atoms with Crippen molar-refractivity contribution >= 4 is 11.9 Å². The van der Waals surface area contributed by atoms with Gasteiger partial charge in [0, 0.05) is 22.3 Å². The maximum absolute atomic E-state index is 13.6.